The molecule has 1 aliphatic rings. The van der Waals surface area contributed by atoms with E-state index >= 15 is 0 Å². The number of carbonyl (C=O) groups excluding carboxylic acids is 1. The van der Waals surface area contributed by atoms with E-state index in [2.05, 4.69) is 4.74 Å². The van der Waals surface area contributed by atoms with Crippen LogP contribution in [0, 0.1) is 11.8 Å². The van der Waals surface area contributed by atoms with Crippen molar-refractivity contribution in [1.82, 2.24) is 0 Å². The molecule has 0 aromatic heterocycles. The minimum atomic E-state index is -9.07. The number of halogens is 20. The van der Waals surface area contributed by atoms with Crippen LogP contribution < -0.4 is 0 Å². The molecule has 22 heteroatoms. The van der Waals surface area contributed by atoms with Crippen molar-refractivity contribution in [2.75, 3.05) is 6.61 Å². The Balaban J connectivity index is 3.13. The van der Waals surface area contributed by atoms with Gasteiger partial charge in [0.2, 0.25) is 0 Å². The fraction of sp³-hybridized carbons (Fsp3) is 0.960. The summed E-state index contributed by atoms with van der Waals surface area (Å²) >= 11 is 0. The van der Waals surface area contributed by atoms with Gasteiger partial charge in [-0.2, -0.15) is 79.0 Å². The van der Waals surface area contributed by atoms with E-state index in [1.54, 1.807) is 0 Å². The topological polar surface area (TPSA) is 26.3 Å². The van der Waals surface area contributed by atoms with Gasteiger partial charge in [-0.1, -0.05) is 58.3 Å². The third-order valence-electron chi connectivity index (χ3n) is 7.87. The van der Waals surface area contributed by atoms with Gasteiger partial charge < -0.3 is 4.74 Å². The lowest BCUT2D eigenvalue weighted by Gasteiger charge is -2.44. The van der Waals surface area contributed by atoms with Gasteiger partial charge in [-0.25, -0.2) is 8.78 Å². The number of rotatable bonds is 18. The largest absolute Gasteiger partial charge is 0.459 e. The highest BCUT2D eigenvalue weighted by Crippen LogP contribution is 2.65. The molecule has 1 rings (SSSR count). The second kappa shape index (κ2) is 14.1. The SMILES string of the molecule is CCCCC[C@H]1CC[C@H](CCC(=O)OCC(F)(F)C(F)(F)C(F)(F)C(F)(F)C(F)(F)C(F)(F)C(F)(F)C(F)(F)C(F)(F)C(F)F)CC1. The van der Waals surface area contributed by atoms with Crippen LogP contribution in [-0.2, 0) is 9.53 Å². The second-order valence-corrected chi connectivity index (χ2v) is 11.2. The predicted molar refractivity (Wildman–Crippen MR) is 120 cm³/mol. The maximum absolute atomic E-state index is 14.0. The Morgan fingerprint density at radius 2 is 0.936 bits per heavy atom. The van der Waals surface area contributed by atoms with E-state index in [1.165, 1.54) is 0 Å². The molecule has 0 amide bonds. The van der Waals surface area contributed by atoms with Crippen LogP contribution in [0.5, 0.6) is 0 Å². The number of alkyl halides is 20. The van der Waals surface area contributed by atoms with E-state index in [-0.39, 0.29) is 12.3 Å². The number of esters is 1. The molecule has 0 unspecified atom stereocenters. The number of ether oxygens (including phenoxy) is 1. The summed E-state index contributed by atoms with van der Waals surface area (Å²) in [7, 11) is 0. The van der Waals surface area contributed by atoms with Crippen molar-refractivity contribution in [2.24, 2.45) is 11.8 Å². The second-order valence-electron chi connectivity index (χ2n) is 11.2. The molecular formula is C25H28F20O2. The third kappa shape index (κ3) is 7.49. The lowest BCUT2D eigenvalue weighted by molar-refractivity contribution is -0.465. The summed E-state index contributed by atoms with van der Waals surface area (Å²) in [5.41, 5.74) is 0. The summed E-state index contributed by atoms with van der Waals surface area (Å²) in [6.07, 6.45) is -0.750. The maximum atomic E-state index is 14.0. The summed E-state index contributed by atoms with van der Waals surface area (Å²) in [6.45, 7) is -1.33. The fourth-order valence-corrected chi connectivity index (χ4v) is 4.71. The van der Waals surface area contributed by atoms with Gasteiger partial charge in [0, 0.05) is 6.42 Å². The van der Waals surface area contributed by atoms with E-state index in [4.69, 9.17) is 0 Å². The molecule has 0 N–H and O–H groups in total. The van der Waals surface area contributed by atoms with Crippen LogP contribution in [0.25, 0.3) is 0 Å². The van der Waals surface area contributed by atoms with Crippen LogP contribution in [0.1, 0.15) is 71.1 Å². The van der Waals surface area contributed by atoms with Gasteiger partial charge in [-0.3, -0.25) is 4.79 Å². The summed E-state index contributed by atoms with van der Waals surface area (Å²) in [5.74, 6) is -77.4. The van der Waals surface area contributed by atoms with Crippen LogP contribution >= 0.6 is 0 Å². The minimum absolute atomic E-state index is 0.124. The molecule has 1 saturated carbocycles. The van der Waals surface area contributed by atoms with Crippen LogP contribution in [0.3, 0.4) is 0 Å². The predicted octanol–water partition coefficient (Wildman–Crippen LogP) is 10.7. The van der Waals surface area contributed by atoms with Gasteiger partial charge in [-0.05, 0) is 18.3 Å². The van der Waals surface area contributed by atoms with Crippen molar-refractivity contribution in [3.63, 3.8) is 0 Å². The van der Waals surface area contributed by atoms with E-state index < -0.39 is 78.7 Å². The van der Waals surface area contributed by atoms with Crippen molar-refractivity contribution in [2.45, 2.75) is 131 Å². The molecule has 0 saturated heterocycles. The van der Waals surface area contributed by atoms with Crippen LogP contribution in [-0.4, -0.2) is 72.3 Å². The summed E-state index contributed by atoms with van der Waals surface area (Å²) in [5, 5.41) is 0. The highest BCUT2D eigenvalue weighted by atomic mass is 19.4. The number of hydrogen-bond acceptors (Lipinski definition) is 2. The Labute approximate surface area is 253 Å². The van der Waals surface area contributed by atoms with Gasteiger partial charge in [0.25, 0.3) is 0 Å². The molecule has 0 aromatic carbocycles. The highest BCUT2D eigenvalue weighted by Gasteiger charge is 2.96. The molecule has 1 fully saturated rings. The molecule has 1 aliphatic carbocycles. The van der Waals surface area contributed by atoms with E-state index in [1.807, 2.05) is 6.92 Å². The summed E-state index contributed by atoms with van der Waals surface area (Å²) in [6, 6.07) is 0. The number of unbranched alkanes of at least 4 members (excludes halogenated alkanes) is 2. The smallest absolute Gasteiger partial charge is 0.385 e. The van der Waals surface area contributed by atoms with Gasteiger partial charge in [-0.15, -0.1) is 0 Å². The molecule has 0 bridgehead atoms. The van der Waals surface area contributed by atoms with E-state index in [0.717, 1.165) is 25.7 Å². The lowest BCUT2D eigenvalue weighted by Crippen LogP contribution is -2.76. The first-order chi connectivity index (χ1) is 20.8. The lowest BCUT2D eigenvalue weighted by atomic mass is 9.78. The zero-order valence-electron chi connectivity index (χ0n) is 23.9. The number of hydrogen-bond donors (Lipinski definition) is 0. The highest BCUT2D eigenvalue weighted by molar-refractivity contribution is 5.69. The van der Waals surface area contributed by atoms with Crippen molar-refractivity contribution in [3.8, 4) is 0 Å². The quantitative estimate of drug-likeness (QED) is 0.0795. The molecule has 0 aliphatic heterocycles. The van der Waals surface area contributed by atoms with Gasteiger partial charge in [0.05, 0.1) is 0 Å². The number of carbonyl (C=O) groups is 1. The van der Waals surface area contributed by atoms with Crippen LogP contribution in [0.15, 0.2) is 0 Å². The zero-order chi connectivity index (χ0) is 37.3. The molecule has 2 nitrogen and oxygen atoms in total. The first-order valence-electron chi connectivity index (χ1n) is 13.7. The average molecular weight is 740 g/mol. The molecule has 0 radical (unpaired) electrons. The molecule has 0 heterocycles. The molecule has 0 spiro atoms. The average Bonchev–Trinajstić information content (AvgIpc) is 2.94. The molecule has 47 heavy (non-hydrogen) atoms. The van der Waals surface area contributed by atoms with Crippen LogP contribution in [0.4, 0.5) is 87.8 Å². The Hall–Kier alpha value is -1.93. The van der Waals surface area contributed by atoms with Gasteiger partial charge in [0.1, 0.15) is 0 Å². The van der Waals surface area contributed by atoms with Crippen LogP contribution in [0.2, 0.25) is 0 Å². The standard InChI is InChI=1S/C25H28F20O2/c1-2-3-4-5-13-6-8-14(9-7-13)10-11-15(46)47-12-17(28,29)19(32,33)21(36,37)23(40,41)25(44,45)24(42,43)22(38,39)20(34,35)18(30,31)16(26)27/h13-14,16H,2-12H2,1H3/t13-,14-. The third-order valence-corrected chi connectivity index (χ3v) is 7.87. The normalized spacial score (nSPS) is 20.1. The van der Waals surface area contributed by atoms with Crippen molar-refractivity contribution < 1.29 is 97.3 Å². The Bertz CT molecular complexity index is 1030. The summed E-state index contributed by atoms with van der Waals surface area (Å²) < 4.78 is 274. The Morgan fingerprint density at radius 3 is 1.32 bits per heavy atom. The van der Waals surface area contributed by atoms with Crippen molar-refractivity contribution in [1.29, 1.82) is 0 Å². The minimum Gasteiger partial charge on any atom is -0.459 e. The first kappa shape index (κ1) is 43.1. The summed E-state index contributed by atoms with van der Waals surface area (Å²) in [4.78, 5) is 11.7. The van der Waals surface area contributed by atoms with E-state index in [9.17, 15) is 92.6 Å². The fourth-order valence-electron chi connectivity index (χ4n) is 4.71. The molecule has 0 aromatic rings. The van der Waals surface area contributed by atoms with Gasteiger partial charge >= 0.3 is 65.7 Å². The van der Waals surface area contributed by atoms with E-state index in [0.29, 0.717) is 31.6 Å². The Morgan fingerprint density at radius 1 is 0.574 bits per heavy atom. The zero-order valence-corrected chi connectivity index (χ0v) is 23.9. The van der Waals surface area contributed by atoms with Gasteiger partial charge in [0.15, 0.2) is 6.61 Å². The van der Waals surface area contributed by atoms with Crippen molar-refractivity contribution >= 4 is 5.97 Å². The monoisotopic (exact) mass is 740 g/mol. The molecule has 280 valence electrons. The molecular weight excluding hydrogens is 712 g/mol. The maximum Gasteiger partial charge on any atom is 0.385 e. The molecule has 0 atom stereocenters. The van der Waals surface area contributed by atoms with Crippen molar-refractivity contribution in [3.05, 3.63) is 0 Å². The first-order valence-corrected chi connectivity index (χ1v) is 13.7. The Kier molecular flexibility index (Phi) is 13.0.